The molecule has 3 aromatic rings. The van der Waals surface area contributed by atoms with Crippen LogP contribution in [0.25, 0.3) is 11.0 Å². The van der Waals surface area contributed by atoms with E-state index in [1.54, 1.807) is 6.07 Å². The normalized spacial score (nSPS) is 11.1. The predicted molar refractivity (Wildman–Crippen MR) is 119 cm³/mol. The van der Waals surface area contributed by atoms with Crippen molar-refractivity contribution in [1.82, 2.24) is 20.2 Å². The monoisotopic (exact) mass is 414 g/mol. The van der Waals surface area contributed by atoms with E-state index in [2.05, 4.69) is 47.0 Å². The molecule has 2 amide bonds. The number of aromatic nitrogens is 3. The van der Waals surface area contributed by atoms with Crippen molar-refractivity contribution >= 4 is 40.2 Å². The highest BCUT2D eigenvalue weighted by atomic mass is 35.5. The Labute approximate surface area is 175 Å². The highest BCUT2D eigenvalue weighted by molar-refractivity contribution is 6.31. The fourth-order valence-corrected chi connectivity index (χ4v) is 3.67. The van der Waals surface area contributed by atoms with Gasteiger partial charge in [0, 0.05) is 17.8 Å². The fraction of sp³-hybridized carbons (Fsp3) is 0.381. The van der Waals surface area contributed by atoms with Gasteiger partial charge in [0.15, 0.2) is 0 Å². The van der Waals surface area contributed by atoms with Gasteiger partial charge >= 0.3 is 6.03 Å². The Morgan fingerprint density at radius 3 is 2.69 bits per heavy atom. The number of halogens is 1. The summed E-state index contributed by atoms with van der Waals surface area (Å²) in [5.41, 5.74) is 11.1. The number of carbonyl (C=O) groups is 1. The zero-order valence-electron chi connectivity index (χ0n) is 17.4. The van der Waals surface area contributed by atoms with Gasteiger partial charge in [0.05, 0.1) is 11.2 Å². The van der Waals surface area contributed by atoms with Crippen molar-refractivity contribution in [1.29, 1.82) is 0 Å². The maximum absolute atomic E-state index is 12.3. The van der Waals surface area contributed by atoms with Gasteiger partial charge in [-0.2, -0.15) is 5.10 Å². The number of carbonyl (C=O) groups excluding carboxylic acids is 1. The molecule has 3 rings (SSSR count). The van der Waals surface area contributed by atoms with Gasteiger partial charge in [-0.05, 0) is 54.7 Å². The molecule has 0 aliphatic rings. The first-order valence-corrected chi connectivity index (χ1v) is 10.1. The van der Waals surface area contributed by atoms with E-state index < -0.39 is 6.03 Å². The molecule has 0 aliphatic heterocycles. The summed E-state index contributed by atoms with van der Waals surface area (Å²) in [5, 5.41) is 7.87. The largest absolute Gasteiger partial charge is 0.337 e. The van der Waals surface area contributed by atoms with Crippen molar-refractivity contribution in [3.8, 4) is 0 Å². The average Bonchev–Trinajstić information content (AvgIpc) is 2.93. The van der Waals surface area contributed by atoms with Crippen LogP contribution in [0, 0.1) is 6.92 Å². The SMILES string of the molecule is CCCc1cc(Cl)cc(NC(=O)NNc2cc(C(C)C)c3c(n2)c(C)nn3C)c1. The van der Waals surface area contributed by atoms with Crippen molar-refractivity contribution in [2.45, 2.75) is 46.5 Å². The minimum atomic E-state index is -0.398. The average molecular weight is 415 g/mol. The summed E-state index contributed by atoms with van der Waals surface area (Å²) in [5.74, 6) is 0.846. The van der Waals surface area contributed by atoms with Crippen LogP contribution in [0.15, 0.2) is 24.3 Å². The summed E-state index contributed by atoms with van der Waals surface area (Å²) in [6, 6.07) is 7.10. The molecule has 29 heavy (non-hydrogen) atoms. The molecule has 0 fully saturated rings. The van der Waals surface area contributed by atoms with Crippen LogP contribution < -0.4 is 16.2 Å². The second-order valence-electron chi connectivity index (χ2n) is 7.46. The molecule has 0 spiro atoms. The molecule has 0 aliphatic carbocycles. The van der Waals surface area contributed by atoms with Gasteiger partial charge in [0.2, 0.25) is 0 Å². The molecule has 0 atom stereocenters. The third-order valence-electron chi connectivity index (χ3n) is 4.67. The van der Waals surface area contributed by atoms with E-state index in [0.29, 0.717) is 16.5 Å². The van der Waals surface area contributed by atoms with Gasteiger partial charge in [-0.25, -0.2) is 9.78 Å². The second kappa shape index (κ2) is 8.69. The Morgan fingerprint density at radius 2 is 2.00 bits per heavy atom. The van der Waals surface area contributed by atoms with Crippen LogP contribution in [0.3, 0.4) is 0 Å². The molecule has 8 heteroatoms. The number of nitrogens with zero attached hydrogens (tertiary/aromatic N) is 3. The highest BCUT2D eigenvalue weighted by Crippen LogP contribution is 2.28. The first-order valence-electron chi connectivity index (χ1n) is 9.75. The van der Waals surface area contributed by atoms with Crippen LogP contribution in [0.5, 0.6) is 0 Å². The number of aryl methyl sites for hydroxylation is 3. The minimum Gasteiger partial charge on any atom is -0.307 e. The summed E-state index contributed by atoms with van der Waals surface area (Å²) >= 11 is 6.16. The number of rotatable bonds is 6. The van der Waals surface area contributed by atoms with Crippen LogP contribution in [-0.2, 0) is 13.5 Å². The molecule has 1 aromatic carbocycles. The van der Waals surface area contributed by atoms with Crippen LogP contribution in [0.2, 0.25) is 5.02 Å². The van der Waals surface area contributed by atoms with Crippen LogP contribution >= 0.6 is 11.6 Å². The van der Waals surface area contributed by atoms with E-state index in [1.165, 1.54) is 0 Å². The maximum Gasteiger partial charge on any atom is 0.337 e. The third kappa shape index (κ3) is 4.79. The van der Waals surface area contributed by atoms with Crippen molar-refractivity contribution in [3.05, 3.63) is 46.1 Å². The Bertz CT molecular complexity index is 1040. The van der Waals surface area contributed by atoms with Gasteiger partial charge in [-0.1, -0.05) is 38.8 Å². The van der Waals surface area contributed by atoms with Gasteiger partial charge in [0.1, 0.15) is 11.3 Å². The van der Waals surface area contributed by atoms with E-state index in [1.807, 2.05) is 36.9 Å². The molecule has 0 radical (unpaired) electrons. The molecule has 2 aromatic heterocycles. The first kappa shape index (κ1) is 20.9. The molecule has 0 saturated heterocycles. The maximum atomic E-state index is 12.3. The zero-order chi connectivity index (χ0) is 21.1. The topological polar surface area (TPSA) is 83.9 Å². The van der Waals surface area contributed by atoms with E-state index in [-0.39, 0.29) is 5.92 Å². The van der Waals surface area contributed by atoms with Gasteiger partial charge in [-0.3, -0.25) is 15.5 Å². The van der Waals surface area contributed by atoms with E-state index >= 15 is 0 Å². The van der Waals surface area contributed by atoms with E-state index in [0.717, 1.165) is 40.7 Å². The molecule has 154 valence electrons. The number of amides is 2. The lowest BCUT2D eigenvalue weighted by atomic mass is 10.0. The Morgan fingerprint density at radius 1 is 1.24 bits per heavy atom. The number of pyridine rings is 1. The Balaban J connectivity index is 1.75. The number of hydrogen-bond donors (Lipinski definition) is 3. The molecule has 0 bridgehead atoms. The summed E-state index contributed by atoms with van der Waals surface area (Å²) < 4.78 is 1.85. The number of benzene rings is 1. The van der Waals surface area contributed by atoms with Crippen molar-refractivity contribution < 1.29 is 4.79 Å². The summed E-state index contributed by atoms with van der Waals surface area (Å²) in [6.07, 6.45) is 1.91. The summed E-state index contributed by atoms with van der Waals surface area (Å²) in [7, 11) is 1.92. The predicted octanol–water partition coefficient (Wildman–Crippen LogP) is 5.15. The molecule has 0 saturated carbocycles. The van der Waals surface area contributed by atoms with Crippen molar-refractivity contribution in [2.75, 3.05) is 10.7 Å². The zero-order valence-corrected chi connectivity index (χ0v) is 18.2. The molecular formula is C21H27ClN6O. The number of fused-ring (bicyclic) bond motifs is 1. The number of urea groups is 1. The Kier molecular flexibility index (Phi) is 6.27. The molecule has 3 N–H and O–H groups in total. The molecule has 0 unspecified atom stereocenters. The number of nitrogens with one attached hydrogen (secondary N) is 3. The summed E-state index contributed by atoms with van der Waals surface area (Å²) in [4.78, 5) is 17.0. The van der Waals surface area contributed by atoms with Gasteiger partial charge < -0.3 is 5.32 Å². The minimum absolute atomic E-state index is 0.285. The second-order valence-corrected chi connectivity index (χ2v) is 7.90. The smallest absolute Gasteiger partial charge is 0.307 e. The standard InChI is InChI=1S/C21H27ClN6O/c1-6-7-14-8-15(22)10-16(9-14)23-21(29)26-25-18-11-17(12(2)3)20-19(24-18)13(4)27-28(20)5/h8-12H,6-7H2,1-5H3,(H,24,25)(H2,23,26,29). The fourth-order valence-electron chi connectivity index (χ4n) is 3.42. The number of hydrazine groups is 1. The van der Waals surface area contributed by atoms with Crippen LogP contribution in [-0.4, -0.2) is 20.8 Å². The van der Waals surface area contributed by atoms with Crippen LogP contribution in [0.4, 0.5) is 16.3 Å². The third-order valence-corrected chi connectivity index (χ3v) is 4.89. The van der Waals surface area contributed by atoms with E-state index in [4.69, 9.17) is 11.6 Å². The summed E-state index contributed by atoms with van der Waals surface area (Å²) in [6.45, 7) is 8.27. The molecular weight excluding hydrogens is 388 g/mol. The van der Waals surface area contributed by atoms with Gasteiger partial charge in [0.25, 0.3) is 0 Å². The first-order chi connectivity index (χ1) is 13.8. The quantitative estimate of drug-likeness (QED) is 0.487. The van der Waals surface area contributed by atoms with Crippen molar-refractivity contribution in [3.63, 3.8) is 0 Å². The lowest BCUT2D eigenvalue weighted by Crippen LogP contribution is -2.34. The lowest BCUT2D eigenvalue weighted by molar-refractivity contribution is 0.254. The molecule has 2 heterocycles. The number of anilines is 2. The lowest BCUT2D eigenvalue weighted by Gasteiger charge is -2.14. The Hall–Kier alpha value is -2.80. The van der Waals surface area contributed by atoms with Crippen LogP contribution in [0.1, 0.15) is 49.9 Å². The van der Waals surface area contributed by atoms with E-state index in [9.17, 15) is 4.79 Å². The van der Waals surface area contributed by atoms with Gasteiger partial charge in [-0.15, -0.1) is 0 Å². The molecule has 7 nitrogen and oxygen atoms in total. The number of hydrogen-bond acceptors (Lipinski definition) is 4. The highest BCUT2D eigenvalue weighted by Gasteiger charge is 2.16. The van der Waals surface area contributed by atoms with Crippen molar-refractivity contribution in [2.24, 2.45) is 7.05 Å².